The van der Waals surface area contributed by atoms with E-state index < -0.39 is 17.3 Å². The lowest BCUT2D eigenvalue weighted by Gasteiger charge is -2.30. The first-order valence-corrected chi connectivity index (χ1v) is 6.96. The highest BCUT2D eigenvalue weighted by atomic mass is 35.5. The Kier molecular flexibility index (Phi) is 5.80. The van der Waals surface area contributed by atoms with Gasteiger partial charge >= 0.3 is 5.97 Å². The van der Waals surface area contributed by atoms with Gasteiger partial charge in [-0.15, -0.1) is 0 Å². The summed E-state index contributed by atoms with van der Waals surface area (Å²) in [6.07, 6.45) is 0. The van der Waals surface area contributed by atoms with E-state index in [-0.39, 0.29) is 10.0 Å². The summed E-state index contributed by atoms with van der Waals surface area (Å²) in [6.45, 7) is 6.14. The zero-order valence-electron chi connectivity index (χ0n) is 11.9. The maximum Gasteiger partial charge on any atom is 0.330 e. The molecule has 6 heteroatoms. The normalized spacial score (nSPS) is 14.2. The lowest BCUT2D eigenvalue weighted by atomic mass is 9.91. The molecule has 1 aromatic rings. The highest BCUT2D eigenvalue weighted by molar-refractivity contribution is 6.35. The first kappa shape index (κ1) is 17.2. The van der Waals surface area contributed by atoms with Crippen LogP contribution >= 0.6 is 23.2 Å². The molecular formula is C14H18Cl2FNO2. The van der Waals surface area contributed by atoms with Gasteiger partial charge in [-0.3, -0.25) is 5.32 Å². The Bertz CT molecular complexity index is 508. The molecule has 0 aliphatic heterocycles. The van der Waals surface area contributed by atoms with Crippen molar-refractivity contribution in [2.75, 3.05) is 13.7 Å². The van der Waals surface area contributed by atoms with Gasteiger partial charge in [0.25, 0.3) is 0 Å². The molecular weight excluding hydrogens is 304 g/mol. The van der Waals surface area contributed by atoms with Gasteiger partial charge in [-0.05, 0) is 31.5 Å². The zero-order valence-corrected chi connectivity index (χ0v) is 13.4. The van der Waals surface area contributed by atoms with Crippen LogP contribution in [0.4, 0.5) is 4.39 Å². The zero-order chi connectivity index (χ0) is 15.5. The van der Waals surface area contributed by atoms with E-state index in [0.29, 0.717) is 18.0 Å². The maximum atomic E-state index is 13.7. The van der Waals surface area contributed by atoms with Crippen LogP contribution in [0.25, 0.3) is 0 Å². The van der Waals surface area contributed by atoms with Gasteiger partial charge in [0, 0.05) is 10.6 Å². The highest BCUT2D eigenvalue weighted by Gasteiger charge is 2.38. The second-order valence-electron chi connectivity index (χ2n) is 5.14. The van der Waals surface area contributed by atoms with Crippen LogP contribution in [0.2, 0.25) is 10.0 Å². The lowest BCUT2D eigenvalue weighted by Crippen LogP contribution is -2.49. The van der Waals surface area contributed by atoms with E-state index >= 15 is 0 Å². The number of carbonyl (C=O) groups is 1. The number of carbonyl (C=O) groups excluding carboxylic acids is 1. The summed E-state index contributed by atoms with van der Waals surface area (Å²) in [5, 5.41) is 3.20. The Labute approximate surface area is 128 Å². The third-order valence-electron chi connectivity index (χ3n) is 3.01. The van der Waals surface area contributed by atoms with Crippen molar-refractivity contribution in [1.29, 1.82) is 0 Å². The molecule has 0 fully saturated rings. The van der Waals surface area contributed by atoms with Crippen LogP contribution in [-0.2, 0) is 15.1 Å². The van der Waals surface area contributed by atoms with Crippen molar-refractivity contribution in [1.82, 2.24) is 5.32 Å². The summed E-state index contributed by atoms with van der Waals surface area (Å²) < 4.78 is 18.5. The molecule has 0 spiro atoms. The number of esters is 1. The SMILES string of the molecule is COC(=O)C(C)(NCC(C)C)c1cc(F)c(Cl)cc1Cl. The topological polar surface area (TPSA) is 38.3 Å². The standard InChI is InChI=1S/C14H18Cl2FNO2/c1-8(2)7-18-14(3,13(19)20-4)9-5-12(17)11(16)6-10(9)15/h5-6,8,18H,7H2,1-4H3. The fourth-order valence-electron chi connectivity index (χ4n) is 1.80. The van der Waals surface area contributed by atoms with Crippen LogP contribution in [-0.4, -0.2) is 19.6 Å². The molecule has 1 N–H and O–H groups in total. The maximum absolute atomic E-state index is 13.7. The summed E-state index contributed by atoms with van der Waals surface area (Å²) in [7, 11) is 1.28. The number of methoxy groups -OCH3 is 1. The van der Waals surface area contributed by atoms with Crippen molar-refractivity contribution < 1.29 is 13.9 Å². The van der Waals surface area contributed by atoms with E-state index in [9.17, 15) is 9.18 Å². The van der Waals surface area contributed by atoms with Crippen LogP contribution in [0.3, 0.4) is 0 Å². The van der Waals surface area contributed by atoms with Gasteiger partial charge in [-0.1, -0.05) is 37.0 Å². The van der Waals surface area contributed by atoms with Crippen LogP contribution in [0.1, 0.15) is 26.3 Å². The fourth-order valence-corrected chi connectivity index (χ4v) is 2.37. The van der Waals surface area contributed by atoms with Gasteiger partial charge in [-0.25, -0.2) is 9.18 Å². The Morgan fingerprint density at radius 3 is 2.50 bits per heavy atom. The van der Waals surface area contributed by atoms with Crippen molar-refractivity contribution in [2.24, 2.45) is 5.92 Å². The molecule has 3 nitrogen and oxygen atoms in total. The molecule has 20 heavy (non-hydrogen) atoms. The molecule has 0 amide bonds. The lowest BCUT2D eigenvalue weighted by molar-refractivity contribution is -0.148. The summed E-state index contributed by atoms with van der Waals surface area (Å²) in [5.41, 5.74) is -0.935. The average molecular weight is 322 g/mol. The summed E-state index contributed by atoms with van der Waals surface area (Å²) >= 11 is 11.8. The summed E-state index contributed by atoms with van der Waals surface area (Å²) in [6, 6.07) is 2.45. The number of hydrogen-bond donors (Lipinski definition) is 1. The van der Waals surface area contributed by atoms with E-state index in [4.69, 9.17) is 27.9 Å². The van der Waals surface area contributed by atoms with Crippen LogP contribution in [0, 0.1) is 11.7 Å². The largest absolute Gasteiger partial charge is 0.467 e. The minimum atomic E-state index is -1.23. The summed E-state index contributed by atoms with van der Waals surface area (Å²) in [4.78, 5) is 12.1. The van der Waals surface area contributed by atoms with Gasteiger partial charge in [0.15, 0.2) is 0 Å². The molecule has 0 aromatic heterocycles. The minimum absolute atomic E-state index is 0.0881. The molecule has 112 valence electrons. The molecule has 0 radical (unpaired) electrons. The highest BCUT2D eigenvalue weighted by Crippen LogP contribution is 2.33. The molecule has 0 saturated carbocycles. The predicted octanol–water partition coefficient (Wildman–Crippen LogP) is 3.77. The van der Waals surface area contributed by atoms with E-state index in [1.54, 1.807) is 6.92 Å². The Hall–Kier alpha value is -0.840. The molecule has 0 bridgehead atoms. The number of hydrogen-bond acceptors (Lipinski definition) is 3. The van der Waals surface area contributed by atoms with Gasteiger partial charge < -0.3 is 4.74 Å². The third-order valence-corrected chi connectivity index (χ3v) is 3.61. The number of nitrogens with one attached hydrogen (secondary N) is 1. The summed E-state index contributed by atoms with van der Waals surface area (Å²) in [5.74, 6) is -0.871. The second-order valence-corrected chi connectivity index (χ2v) is 5.95. The second kappa shape index (κ2) is 6.74. The van der Waals surface area contributed by atoms with Gasteiger partial charge in [0.2, 0.25) is 0 Å². The van der Waals surface area contributed by atoms with Crippen LogP contribution in [0.15, 0.2) is 12.1 Å². The molecule has 0 heterocycles. The number of halogens is 3. The first-order valence-electron chi connectivity index (χ1n) is 6.20. The van der Waals surface area contributed by atoms with E-state index in [1.165, 1.54) is 13.2 Å². The van der Waals surface area contributed by atoms with E-state index in [0.717, 1.165) is 6.07 Å². The predicted molar refractivity (Wildman–Crippen MR) is 78.6 cm³/mol. The quantitative estimate of drug-likeness (QED) is 0.662. The molecule has 1 atom stereocenters. The molecule has 1 unspecified atom stereocenters. The third kappa shape index (κ3) is 3.62. The van der Waals surface area contributed by atoms with Crippen molar-refractivity contribution >= 4 is 29.2 Å². The smallest absolute Gasteiger partial charge is 0.330 e. The van der Waals surface area contributed by atoms with Gasteiger partial charge in [0.1, 0.15) is 11.4 Å². The molecule has 1 rings (SSSR count). The first-order chi connectivity index (χ1) is 9.22. The molecule has 1 aromatic carbocycles. The minimum Gasteiger partial charge on any atom is -0.467 e. The Morgan fingerprint density at radius 1 is 1.40 bits per heavy atom. The molecule has 0 aliphatic carbocycles. The van der Waals surface area contributed by atoms with E-state index in [1.807, 2.05) is 13.8 Å². The van der Waals surface area contributed by atoms with E-state index in [2.05, 4.69) is 5.32 Å². The average Bonchev–Trinajstić information content (AvgIpc) is 2.39. The molecule has 0 aliphatic rings. The van der Waals surface area contributed by atoms with Gasteiger partial charge in [-0.2, -0.15) is 0 Å². The Morgan fingerprint density at radius 2 is 2.00 bits per heavy atom. The van der Waals surface area contributed by atoms with Crippen molar-refractivity contribution in [3.8, 4) is 0 Å². The number of ether oxygens (including phenoxy) is 1. The van der Waals surface area contributed by atoms with Crippen molar-refractivity contribution in [3.63, 3.8) is 0 Å². The monoisotopic (exact) mass is 321 g/mol. The molecule has 0 saturated heterocycles. The fraction of sp³-hybridized carbons (Fsp3) is 0.500. The van der Waals surface area contributed by atoms with Gasteiger partial charge in [0.05, 0.1) is 12.1 Å². The number of rotatable bonds is 5. The Balaban J connectivity index is 3.30. The van der Waals surface area contributed by atoms with Crippen LogP contribution < -0.4 is 5.32 Å². The van der Waals surface area contributed by atoms with Crippen molar-refractivity contribution in [2.45, 2.75) is 26.3 Å². The van der Waals surface area contributed by atoms with Crippen LogP contribution in [0.5, 0.6) is 0 Å². The van der Waals surface area contributed by atoms with Crippen molar-refractivity contribution in [3.05, 3.63) is 33.6 Å². The number of benzene rings is 1.